The molecule has 1 aromatic rings. The summed E-state index contributed by atoms with van der Waals surface area (Å²) >= 11 is 7.39. The van der Waals surface area contributed by atoms with E-state index in [0.717, 1.165) is 17.7 Å². The van der Waals surface area contributed by atoms with Crippen LogP contribution in [0.15, 0.2) is 18.2 Å². The molecule has 0 aliphatic rings. The molecule has 1 nitrogen and oxygen atoms in total. The largest absolute Gasteiger partial charge is 0.392 e. The second kappa shape index (κ2) is 7.15. The molecular formula is C12H16ClFOS. The summed E-state index contributed by atoms with van der Waals surface area (Å²) in [6, 6.07) is 4.57. The number of hydrogen-bond acceptors (Lipinski definition) is 2. The third-order valence-corrected chi connectivity index (χ3v) is 3.72. The predicted octanol–water partition coefficient (Wildman–Crippen LogP) is 3.53. The van der Waals surface area contributed by atoms with Crippen LogP contribution in [-0.2, 0) is 6.42 Å². The minimum Gasteiger partial charge on any atom is -0.392 e. The topological polar surface area (TPSA) is 20.2 Å². The van der Waals surface area contributed by atoms with Gasteiger partial charge < -0.3 is 5.11 Å². The Kier molecular flexibility index (Phi) is 6.17. The lowest BCUT2D eigenvalue weighted by Crippen LogP contribution is -2.13. The number of benzene rings is 1. The van der Waals surface area contributed by atoms with E-state index in [1.54, 1.807) is 23.9 Å². The fourth-order valence-electron chi connectivity index (χ4n) is 1.36. The fourth-order valence-corrected chi connectivity index (χ4v) is 2.41. The molecule has 1 rings (SSSR count). The maximum Gasteiger partial charge on any atom is 0.141 e. The van der Waals surface area contributed by atoms with Crippen LogP contribution in [0.3, 0.4) is 0 Å². The van der Waals surface area contributed by atoms with Gasteiger partial charge in [-0.15, -0.1) is 0 Å². The molecule has 90 valence electrons. The van der Waals surface area contributed by atoms with E-state index in [9.17, 15) is 9.50 Å². The standard InChI is InChI=1S/C12H16ClFOS/c1-2-5-16-8-10(15)6-9-3-4-12(14)11(13)7-9/h3-4,7,10,15H,2,5-6,8H2,1H3. The lowest BCUT2D eigenvalue weighted by molar-refractivity contribution is 0.200. The lowest BCUT2D eigenvalue weighted by Gasteiger charge is -2.10. The minimum atomic E-state index is -0.416. The van der Waals surface area contributed by atoms with Gasteiger partial charge in [0.1, 0.15) is 5.82 Å². The van der Waals surface area contributed by atoms with Crippen molar-refractivity contribution in [1.29, 1.82) is 0 Å². The van der Waals surface area contributed by atoms with Gasteiger partial charge in [-0.2, -0.15) is 11.8 Å². The van der Waals surface area contributed by atoms with Crippen LogP contribution >= 0.6 is 23.4 Å². The summed E-state index contributed by atoms with van der Waals surface area (Å²) in [5.74, 6) is 1.35. The van der Waals surface area contributed by atoms with Gasteiger partial charge in [-0.05, 0) is 36.3 Å². The van der Waals surface area contributed by atoms with Gasteiger partial charge in [-0.3, -0.25) is 0 Å². The van der Waals surface area contributed by atoms with Crippen molar-refractivity contribution in [3.05, 3.63) is 34.6 Å². The van der Waals surface area contributed by atoms with Gasteiger partial charge in [0.2, 0.25) is 0 Å². The monoisotopic (exact) mass is 262 g/mol. The minimum absolute atomic E-state index is 0.117. The fraction of sp³-hybridized carbons (Fsp3) is 0.500. The van der Waals surface area contributed by atoms with E-state index >= 15 is 0 Å². The highest BCUT2D eigenvalue weighted by Crippen LogP contribution is 2.18. The number of aliphatic hydroxyl groups is 1. The van der Waals surface area contributed by atoms with Crippen molar-refractivity contribution in [2.45, 2.75) is 25.9 Å². The van der Waals surface area contributed by atoms with Gasteiger partial charge in [0, 0.05) is 5.75 Å². The smallest absolute Gasteiger partial charge is 0.141 e. The van der Waals surface area contributed by atoms with E-state index in [1.807, 2.05) is 0 Å². The molecule has 1 atom stereocenters. The molecule has 1 unspecified atom stereocenters. The molecule has 0 aromatic heterocycles. The van der Waals surface area contributed by atoms with Crippen LogP contribution in [0.1, 0.15) is 18.9 Å². The van der Waals surface area contributed by atoms with Gasteiger partial charge in [-0.25, -0.2) is 4.39 Å². The van der Waals surface area contributed by atoms with Crippen molar-refractivity contribution in [3.8, 4) is 0 Å². The Morgan fingerprint density at radius 3 is 2.88 bits per heavy atom. The number of rotatable bonds is 6. The van der Waals surface area contributed by atoms with Gasteiger partial charge in [0.15, 0.2) is 0 Å². The average Bonchev–Trinajstić information content (AvgIpc) is 2.24. The molecular weight excluding hydrogens is 247 g/mol. The normalized spacial score (nSPS) is 12.8. The summed E-state index contributed by atoms with van der Waals surface area (Å²) in [6.45, 7) is 2.11. The Bertz CT molecular complexity index is 333. The summed E-state index contributed by atoms with van der Waals surface area (Å²) in [4.78, 5) is 0. The molecule has 0 radical (unpaired) electrons. The van der Waals surface area contributed by atoms with Crippen molar-refractivity contribution < 1.29 is 9.50 Å². The molecule has 0 amide bonds. The quantitative estimate of drug-likeness (QED) is 0.792. The van der Waals surface area contributed by atoms with Crippen LogP contribution in [-0.4, -0.2) is 22.7 Å². The van der Waals surface area contributed by atoms with Crippen molar-refractivity contribution >= 4 is 23.4 Å². The number of halogens is 2. The zero-order chi connectivity index (χ0) is 12.0. The molecule has 0 saturated carbocycles. The predicted molar refractivity (Wildman–Crippen MR) is 68.7 cm³/mol. The maximum absolute atomic E-state index is 12.9. The second-order valence-corrected chi connectivity index (χ2v) is 5.24. The van der Waals surface area contributed by atoms with E-state index in [1.165, 1.54) is 6.07 Å². The molecule has 0 aliphatic carbocycles. The van der Waals surface area contributed by atoms with E-state index in [0.29, 0.717) is 12.2 Å². The van der Waals surface area contributed by atoms with Crippen molar-refractivity contribution in [2.75, 3.05) is 11.5 Å². The Morgan fingerprint density at radius 2 is 2.25 bits per heavy atom. The Morgan fingerprint density at radius 1 is 1.50 bits per heavy atom. The Balaban J connectivity index is 2.43. The van der Waals surface area contributed by atoms with Crippen LogP contribution in [0.25, 0.3) is 0 Å². The zero-order valence-electron chi connectivity index (χ0n) is 9.25. The summed E-state index contributed by atoms with van der Waals surface area (Å²) in [5.41, 5.74) is 0.871. The highest BCUT2D eigenvalue weighted by Gasteiger charge is 2.07. The number of thioether (sulfide) groups is 1. The highest BCUT2D eigenvalue weighted by molar-refractivity contribution is 7.99. The van der Waals surface area contributed by atoms with Gasteiger partial charge >= 0.3 is 0 Å². The van der Waals surface area contributed by atoms with E-state index in [4.69, 9.17) is 11.6 Å². The van der Waals surface area contributed by atoms with Crippen LogP contribution in [0, 0.1) is 5.82 Å². The molecule has 1 N–H and O–H groups in total. The van der Waals surface area contributed by atoms with Gasteiger partial charge in [0.25, 0.3) is 0 Å². The summed E-state index contributed by atoms with van der Waals surface area (Å²) in [5, 5.41) is 9.85. The Labute approximate surface area is 105 Å². The SMILES string of the molecule is CCCSCC(O)Cc1ccc(F)c(Cl)c1. The first-order valence-electron chi connectivity index (χ1n) is 5.33. The van der Waals surface area contributed by atoms with Crippen molar-refractivity contribution in [1.82, 2.24) is 0 Å². The maximum atomic E-state index is 12.9. The second-order valence-electron chi connectivity index (χ2n) is 3.68. The van der Waals surface area contributed by atoms with Gasteiger partial charge in [-0.1, -0.05) is 24.6 Å². The zero-order valence-corrected chi connectivity index (χ0v) is 10.8. The molecule has 16 heavy (non-hydrogen) atoms. The summed E-state index contributed by atoms with van der Waals surface area (Å²) < 4.78 is 12.9. The first-order valence-corrected chi connectivity index (χ1v) is 6.86. The third kappa shape index (κ3) is 4.73. The Hall–Kier alpha value is -0.250. The summed E-state index contributed by atoms with van der Waals surface area (Å²) in [6.07, 6.45) is 1.24. The van der Waals surface area contributed by atoms with Crippen molar-refractivity contribution in [3.63, 3.8) is 0 Å². The first kappa shape index (κ1) is 13.8. The van der Waals surface area contributed by atoms with Crippen LogP contribution in [0.2, 0.25) is 5.02 Å². The first-order chi connectivity index (χ1) is 7.63. The molecule has 0 aliphatic heterocycles. The molecule has 0 saturated heterocycles. The average molecular weight is 263 g/mol. The highest BCUT2D eigenvalue weighted by atomic mass is 35.5. The van der Waals surface area contributed by atoms with E-state index in [2.05, 4.69) is 6.92 Å². The molecule has 0 fully saturated rings. The number of hydrogen-bond donors (Lipinski definition) is 1. The molecule has 0 heterocycles. The van der Waals surface area contributed by atoms with E-state index < -0.39 is 11.9 Å². The molecule has 0 spiro atoms. The van der Waals surface area contributed by atoms with Gasteiger partial charge in [0.05, 0.1) is 11.1 Å². The summed E-state index contributed by atoms with van der Waals surface area (Å²) in [7, 11) is 0. The molecule has 4 heteroatoms. The third-order valence-electron chi connectivity index (χ3n) is 2.11. The molecule has 0 bridgehead atoms. The van der Waals surface area contributed by atoms with Crippen LogP contribution in [0.5, 0.6) is 0 Å². The lowest BCUT2D eigenvalue weighted by atomic mass is 10.1. The number of aliphatic hydroxyl groups excluding tert-OH is 1. The van der Waals surface area contributed by atoms with Crippen molar-refractivity contribution in [2.24, 2.45) is 0 Å². The van der Waals surface area contributed by atoms with E-state index in [-0.39, 0.29) is 5.02 Å². The van der Waals surface area contributed by atoms with Crippen LogP contribution in [0.4, 0.5) is 4.39 Å². The molecule has 1 aromatic carbocycles. The van der Waals surface area contributed by atoms with Crippen LogP contribution < -0.4 is 0 Å².